The van der Waals surface area contributed by atoms with Crippen molar-refractivity contribution < 1.29 is 0 Å². The van der Waals surface area contributed by atoms with Gasteiger partial charge in [0.15, 0.2) is 0 Å². The van der Waals surface area contributed by atoms with Crippen LogP contribution >= 0.6 is 11.3 Å². The molecule has 10 heavy (non-hydrogen) atoms. The summed E-state index contributed by atoms with van der Waals surface area (Å²) in [6.45, 7) is 0. The molecule has 2 aliphatic rings. The van der Waals surface area contributed by atoms with Crippen molar-refractivity contribution in [1.82, 2.24) is 0 Å². The zero-order chi connectivity index (χ0) is 6.97. The number of rotatable bonds is 0. The van der Waals surface area contributed by atoms with E-state index in [-0.39, 0.29) is 0 Å². The van der Waals surface area contributed by atoms with E-state index < -0.39 is 0 Å². The molecule has 0 saturated carbocycles. The van der Waals surface area contributed by atoms with E-state index in [1.807, 2.05) is 17.5 Å². The van der Waals surface area contributed by atoms with Crippen molar-refractivity contribution in [3.63, 3.8) is 0 Å². The van der Waals surface area contributed by atoms with Gasteiger partial charge in [0.2, 0.25) is 0 Å². The molecule has 0 aromatic carbocycles. The molecule has 0 bridgehead atoms. The SMILES string of the molecule is Nc1ccc2csccc1-2. The molecule has 2 N–H and O–H groups in total. The molecule has 1 aliphatic carbocycles. The highest BCUT2D eigenvalue weighted by Crippen LogP contribution is 2.30. The van der Waals surface area contributed by atoms with E-state index >= 15 is 0 Å². The first-order valence-corrected chi connectivity index (χ1v) is 4.02. The maximum atomic E-state index is 5.68. The van der Waals surface area contributed by atoms with Crippen LogP contribution in [-0.4, -0.2) is 0 Å². The molecular formula is C8H7NS. The Kier molecular flexibility index (Phi) is 1.14. The molecule has 50 valence electrons. The maximum absolute atomic E-state index is 5.68. The second kappa shape index (κ2) is 1.99. The van der Waals surface area contributed by atoms with Crippen LogP contribution in [0.2, 0.25) is 0 Å². The summed E-state index contributed by atoms with van der Waals surface area (Å²) in [4.78, 5) is 0. The second-order valence-electron chi connectivity index (χ2n) is 2.21. The third kappa shape index (κ3) is 0.693. The Hall–Kier alpha value is -1.02. The molecule has 0 fully saturated rings. The molecule has 0 saturated heterocycles. The van der Waals surface area contributed by atoms with Crippen molar-refractivity contribution in [2.45, 2.75) is 0 Å². The van der Waals surface area contributed by atoms with Crippen molar-refractivity contribution in [2.75, 3.05) is 5.73 Å². The van der Waals surface area contributed by atoms with Gasteiger partial charge in [0.05, 0.1) is 0 Å². The van der Waals surface area contributed by atoms with Crippen LogP contribution in [0.15, 0.2) is 29.0 Å². The highest BCUT2D eigenvalue weighted by atomic mass is 32.1. The predicted molar refractivity (Wildman–Crippen MR) is 45.4 cm³/mol. The first-order valence-electron chi connectivity index (χ1n) is 3.08. The maximum Gasteiger partial charge on any atom is 0.0394 e. The summed E-state index contributed by atoms with van der Waals surface area (Å²) >= 11 is 1.69. The molecule has 0 aromatic rings. The first kappa shape index (κ1) is 5.74. The molecule has 0 unspecified atom stereocenters. The van der Waals surface area contributed by atoms with Crippen LogP contribution in [0.25, 0.3) is 11.1 Å². The van der Waals surface area contributed by atoms with E-state index in [1.165, 1.54) is 11.1 Å². The average molecular weight is 149 g/mol. The lowest BCUT2D eigenvalue weighted by atomic mass is 10.2. The summed E-state index contributed by atoms with van der Waals surface area (Å²) in [5.41, 5.74) is 8.96. The summed E-state index contributed by atoms with van der Waals surface area (Å²) in [5, 5.41) is 4.14. The molecule has 0 atom stereocenters. The summed E-state index contributed by atoms with van der Waals surface area (Å²) in [6, 6.07) is 6.04. The Morgan fingerprint density at radius 1 is 1.20 bits per heavy atom. The van der Waals surface area contributed by atoms with Gasteiger partial charge in [-0.05, 0) is 28.5 Å². The highest BCUT2D eigenvalue weighted by Gasteiger charge is 2.03. The van der Waals surface area contributed by atoms with Gasteiger partial charge in [-0.1, -0.05) is 6.07 Å². The van der Waals surface area contributed by atoms with Crippen LogP contribution in [0.1, 0.15) is 0 Å². The fraction of sp³-hybridized carbons (Fsp3) is 0. The van der Waals surface area contributed by atoms with E-state index in [9.17, 15) is 0 Å². The summed E-state index contributed by atoms with van der Waals surface area (Å²) in [7, 11) is 0. The minimum atomic E-state index is 0.878. The van der Waals surface area contributed by atoms with Crippen LogP contribution in [0, 0.1) is 0 Å². The molecule has 0 spiro atoms. The summed E-state index contributed by atoms with van der Waals surface area (Å²) in [6.07, 6.45) is 0. The fourth-order valence-corrected chi connectivity index (χ4v) is 1.69. The lowest BCUT2D eigenvalue weighted by Gasteiger charge is -1.95. The minimum absolute atomic E-state index is 0.878. The van der Waals surface area contributed by atoms with Gasteiger partial charge in [-0.3, -0.25) is 0 Å². The van der Waals surface area contributed by atoms with Gasteiger partial charge < -0.3 is 5.73 Å². The van der Waals surface area contributed by atoms with Gasteiger partial charge in [-0.2, -0.15) is 11.3 Å². The number of hydrogen-bond acceptors (Lipinski definition) is 2. The molecule has 1 heterocycles. The van der Waals surface area contributed by atoms with Crippen LogP contribution in [0.4, 0.5) is 5.69 Å². The molecule has 2 heteroatoms. The third-order valence-corrected chi connectivity index (χ3v) is 2.26. The van der Waals surface area contributed by atoms with Crippen molar-refractivity contribution in [3.8, 4) is 11.1 Å². The summed E-state index contributed by atoms with van der Waals surface area (Å²) < 4.78 is 0. The van der Waals surface area contributed by atoms with Crippen LogP contribution in [0.3, 0.4) is 0 Å². The average Bonchev–Trinajstić information content (AvgIpc) is 2.34. The van der Waals surface area contributed by atoms with Gasteiger partial charge in [-0.15, -0.1) is 0 Å². The highest BCUT2D eigenvalue weighted by molar-refractivity contribution is 7.07. The third-order valence-electron chi connectivity index (χ3n) is 1.57. The first-order chi connectivity index (χ1) is 4.88. The smallest absolute Gasteiger partial charge is 0.0394 e. The Bertz CT molecular complexity index is 313. The number of hydrogen-bond donors (Lipinski definition) is 1. The second-order valence-corrected chi connectivity index (χ2v) is 2.99. The minimum Gasteiger partial charge on any atom is -0.398 e. The van der Waals surface area contributed by atoms with E-state index in [1.54, 1.807) is 11.3 Å². The normalized spacial score (nSPS) is 10.4. The van der Waals surface area contributed by atoms with Gasteiger partial charge in [0.25, 0.3) is 0 Å². The molecule has 0 amide bonds. The lowest BCUT2D eigenvalue weighted by molar-refractivity contribution is 1.81. The topological polar surface area (TPSA) is 26.0 Å². The number of fused-ring (bicyclic) bond motifs is 1. The van der Waals surface area contributed by atoms with Gasteiger partial charge >= 0.3 is 0 Å². The van der Waals surface area contributed by atoms with Crippen LogP contribution in [-0.2, 0) is 0 Å². The molecule has 2 rings (SSSR count). The van der Waals surface area contributed by atoms with Crippen LogP contribution < -0.4 is 5.73 Å². The van der Waals surface area contributed by atoms with Crippen LogP contribution in [0.5, 0.6) is 0 Å². The van der Waals surface area contributed by atoms with E-state index in [0.29, 0.717) is 0 Å². The van der Waals surface area contributed by atoms with E-state index in [4.69, 9.17) is 5.73 Å². The fourth-order valence-electron chi connectivity index (χ4n) is 1.04. The monoisotopic (exact) mass is 149 g/mol. The van der Waals surface area contributed by atoms with Gasteiger partial charge in [-0.25, -0.2) is 0 Å². The largest absolute Gasteiger partial charge is 0.398 e. The number of anilines is 1. The summed E-state index contributed by atoms with van der Waals surface area (Å²) in [5.74, 6) is 0. The molecule has 1 aliphatic heterocycles. The standard InChI is InChI=1S/C8H7NS/c9-8-2-1-6-5-10-4-3-7(6)8/h1-5H,9H2. The Morgan fingerprint density at radius 2 is 2.10 bits per heavy atom. The lowest BCUT2D eigenvalue weighted by Crippen LogP contribution is -1.81. The molecular weight excluding hydrogens is 142 g/mol. The Morgan fingerprint density at radius 3 is 2.90 bits per heavy atom. The van der Waals surface area contributed by atoms with Crippen molar-refractivity contribution >= 4 is 17.0 Å². The molecule has 1 nitrogen and oxygen atoms in total. The predicted octanol–water partition coefficient (Wildman–Crippen LogP) is 2.44. The Labute approximate surface area is 63.4 Å². The quantitative estimate of drug-likeness (QED) is 0.611. The van der Waals surface area contributed by atoms with E-state index in [2.05, 4.69) is 11.4 Å². The van der Waals surface area contributed by atoms with Crippen molar-refractivity contribution in [2.24, 2.45) is 0 Å². The van der Waals surface area contributed by atoms with Crippen molar-refractivity contribution in [1.29, 1.82) is 0 Å². The van der Waals surface area contributed by atoms with Gasteiger partial charge in [0, 0.05) is 11.3 Å². The molecule has 0 aromatic heterocycles. The van der Waals surface area contributed by atoms with Gasteiger partial charge in [0.1, 0.15) is 0 Å². The zero-order valence-corrected chi connectivity index (χ0v) is 6.19. The number of nitrogen functional groups attached to an aromatic ring is 1. The molecule has 0 radical (unpaired) electrons. The number of nitrogens with two attached hydrogens (primary N) is 1. The Balaban J connectivity index is 2.78. The van der Waals surface area contributed by atoms with E-state index in [0.717, 1.165) is 5.69 Å². The van der Waals surface area contributed by atoms with Crippen molar-refractivity contribution in [3.05, 3.63) is 29.0 Å². The zero-order valence-electron chi connectivity index (χ0n) is 5.37.